The molecule has 20 heavy (non-hydrogen) atoms. The molecule has 4 nitrogen and oxygen atoms in total. The molecule has 0 fully saturated rings. The summed E-state index contributed by atoms with van der Waals surface area (Å²) in [4.78, 5) is 21.0. The highest BCUT2D eigenvalue weighted by atomic mass is 16.7. The zero-order valence-corrected chi connectivity index (χ0v) is 11.5. The first-order valence-corrected chi connectivity index (χ1v) is 6.24. The lowest BCUT2D eigenvalue weighted by Gasteiger charge is -2.10. The van der Waals surface area contributed by atoms with Crippen LogP contribution in [0.2, 0.25) is 0 Å². The van der Waals surface area contributed by atoms with Gasteiger partial charge in [-0.1, -0.05) is 48.6 Å². The number of hydroxylamine groups is 2. The molecule has 1 aromatic carbocycles. The van der Waals surface area contributed by atoms with E-state index in [1.54, 1.807) is 26.4 Å². The van der Waals surface area contributed by atoms with Gasteiger partial charge in [-0.15, -0.1) is 5.06 Å². The Morgan fingerprint density at radius 1 is 1.10 bits per heavy atom. The summed E-state index contributed by atoms with van der Waals surface area (Å²) >= 11 is 0. The van der Waals surface area contributed by atoms with Gasteiger partial charge in [-0.3, -0.25) is 0 Å². The molecule has 0 atom stereocenters. The highest BCUT2D eigenvalue weighted by Gasteiger charge is 2.13. The summed E-state index contributed by atoms with van der Waals surface area (Å²) in [5.74, 6) is -0.469. The Labute approximate surface area is 118 Å². The van der Waals surface area contributed by atoms with Gasteiger partial charge in [0, 0.05) is 25.9 Å². The number of aromatic nitrogens is 1. The van der Waals surface area contributed by atoms with Crippen molar-refractivity contribution in [2.45, 2.75) is 0 Å². The topological polar surface area (TPSA) is 42.4 Å². The van der Waals surface area contributed by atoms with Crippen LogP contribution in [-0.4, -0.2) is 30.1 Å². The van der Waals surface area contributed by atoms with Crippen molar-refractivity contribution >= 4 is 18.1 Å². The van der Waals surface area contributed by atoms with Crippen molar-refractivity contribution in [2.24, 2.45) is 0 Å². The van der Waals surface area contributed by atoms with Crippen molar-refractivity contribution in [3.63, 3.8) is 0 Å². The Morgan fingerprint density at radius 2 is 1.85 bits per heavy atom. The lowest BCUT2D eigenvalue weighted by molar-refractivity contribution is -0.0718. The molecular weight excluding hydrogens is 252 g/mol. The van der Waals surface area contributed by atoms with Gasteiger partial charge in [0.2, 0.25) is 0 Å². The lowest BCUT2D eigenvalue weighted by atomic mass is 10.1. The van der Waals surface area contributed by atoms with Crippen LogP contribution >= 0.6 is 0 Å². The quantitative estimate of drug-likeness (QED) is 0.800. The largest absolute Gasteiger partial charge is 0.376 e. The molecule has 2 aromatic rings. The highest BCUT2D eigenvalue weighted by molar-refractivity contribution is 5.92. The monoisotopic (exact) mass is 268 g/mol. The first kappa shape index (κ1) is 14.0. The maximum atomic E-state index is 11.9. The second-order valence-corrected chi connectivity index (χ2v) is 4.38. The van der Waals surface area contributed by atoms with Crippen LogP contribution in [0.15, 0.2) is 48.7 Å². The van der Waals surface area contributed by atoms with E-state index in [-0.39, 0.29) is 0 Å². The molecule has 0 amide bonds. The highest BCUT2D eigenvalue weighted by Crippen LogP contribution is 2.12. The van der Waals surface area contributed by atoms with Gasteiger partial charge in [0.05, 0.1) is 0 Å². The second-order valence-electron chi connectivity index (χ2n) is 4.38. The first-order chi connectivity index (χ1) is 9.66. The van der Waals surface area contributed by atoms with Crippen LogP contribution in [0.25, 0.3) is 12.2 Å². The molecule has 0 aliphatic carbocycles. The van der Waals surface area contributed by atoms with Gasteiger partial charge in [0.25, 0.3) is 0 Å². The summed E-state index contributed by atoms with van der Waals surface area (Å²) in [7, 11) is 3.31. The lowest BCUT2D eigenvalue weighted by Crippen LogP contribution is -2.20. The maximum Gasteiger partial charge on any atom is 0.376 e. The fourth-order valence-corrected chi connectivity index (χ4v) is 1.68. The van der Waals surface area contributed by atoms with Gasteiger partial charge >= 0.3 is 5.97 Å². The van der Waals surface area contributed by atoms with Gasteiger partial charge in [0.15, 0.2) is 5.69 Å². The van der Waals surface area contributed by atoms with Gasteiger partial charge in [-0.25, -0.2) is 9.78 Å². The Morgan fingerprint density at radius 3 is 2.55 bits per heavy atom. The fourth-order valence-electron chi connectivity index (χ4n) is 1.68. The van der Waals surface area contributed by atoms with Crippen LogP contribution in [0, 0.1) is 0 Å². The van der Waals surface area contributed by atoms with E-state index in [4.69, 9.17) is 4.84 Å². The maximum absolute atomic E-state index is 11.9. The molecule has 0 unspecified atom stereocenters. The molecule has 0 radical (unpaired) electrons. The van der Waals surface area contributed by atoms with E-state index >= 15 is 0 Å². The molecule has 1 heterocycles. The van der Waals surface area contributed by atoms with E-state index < -0.39 is 5.97 Å². The van der Waals surface area contributed by atoms with Crippen LogP contribution < -0.4 is 0 Å². The fraction of sp³-hybridized carbons (Fsp3) is 0.125. The summed E-state index contributed by atoms with van der Waals surface area (Å²) in [6, 6.07) is 13.5. The number of benzene rings is 1. The summed E-state index contributed by atoms with van der Waals surface area (Å²) < 4.78 is 0. The number of carbonyl (C=O) groups is 1. The van der Waals surface area contributed by atoms with Crippen LogP contribution in [0.1, 0.15) is 21.6 Å². The molecule has 1 aromatic heterocycles. The zero-order valence-electron chi connectivity index (χ0n) is 11.5. The molecule has 2 rings (SSSR count). The third kappa shape index (κ3) is 3.76. The summed E-state index contributed by atoms with van der Waals surface area (Å²) in [6.07, 6.45) is 5.37. The normalized spacial score (nSPS) is 10.9. The molecule has 0 aliphatic rings. The number of nitrogens with zero attached hydrogens (tertiary/aromatic N) is 2. The predicted molar refractivity (Wildman–Crippen MR) is 78.7 cm³/mol. The summed E-state index contributed by atoms with van der Waals surface area (Å²) in [5, 5.41) is 1.35. The van der Waals surface area contributed by atoms with Crippen molar-refractivity contribution in [3.05, 3.63) is 65.5 Å². The predicted octanol–water partition coefficient (Wildman–Crippen LogP) is 2.89. The molecule has 102 valence electrons. The smallest absolute Gasteiger partial charge is 0.363 e. The van der Waals surface area contributed by atoms with Crippen LogP contribution in [0.5, 0.6) is 0 Å². The number of hydrogen-bond acceptors (Lipinski definition) is 4. The SMILES string of the molecule is CN(C)OC(=O)c1ncccc1C=Cc1ccccc1. The number of rotatable bonds is 4. The van der Waals surface area contributed by atoms with E-state index in [0.717, 1.165) is 11.1 Å². The Bertz CT molecular complexity index is 607. The molecule has 4 heteroatoms. The van der Waals surface area contributed by atoms with Crippen molar-refractivity contribution < 1.29 is 9.63 Å². The van der Waals surface area contributed by atoms with E-state index in [9.17, 15) is 4.79 Å². The third-order valence-electron chi connectivity index (χ3n) is 2.55. The summed E-state index contributed by atoms with van der Waals surface area (Å²) in [6.45, 7) is 0. The van der Waals surface area contributed by atoms with Crippen LogP contribution in [0.3, 0.4) is 0 Å². The molecular formula is C16H16N2O2. The zero-order chi connectivity index (χ0) is 14.4. The average molecular weight is 268 g/mol. The van der Waals surface area contributed by atoms with E-state index in [0.29, 0.717) is 5.69 Å². The number of carbonyl (C=O) groups excluding carboxylic acids is 1. The molecule has 0 aliphatic heterocycles. The average Bonchev–Trinajstić information content (AvgIpc) is 2.46. The number of hydrogen-bond donors (Lipinski definition) is 0. The second kappa shape index (κ2) is 6.63. The van der Waals surface area contributed by atoms with E-state index in [1.807, 2.05) is 48.6 Å². The van der Waals surface area contributed by atoms with Crippen LogP contribution in [-0.2, 0) is 4.84 Å². The Balaban J connectivity index is 2.24. The van der Waals surface area contributed by atoms with Crippen molar-refractivity contribution in [1.29, 1.82) is 0 Å². The minimum atomic E-state index is -0.469. The van der Waals surface area contributed by atoms with Crippen molar-refractivity contribution in [3.8, 4) is 0 Å². The van der Waals surface area contributed by atoms with Crippen LogP contribution in [0.4, 0.5) is 0 Å². The molecule has 0 saturated heterocycles. The molecule has 0 saturated carbocycles. The molecule has 0 spiro atoms. The van der Waals surface area contributed by atoms with E-state index in [2.05, 4.69) is 4.98 Å². The van der Waals surface area contributed by atoms with Crippen molar-refractivity contribution in [2.75, 3.05) is 14.1 Å². The van der Waals surface area contributed by atoms with Crippen molar-refractivity contribution in [1.82, 2.24) is 10.0 Å². The molecule has 0 N–H and O–H groups in total. The van der Waals surface area contributed by atoms with Gasteiger partial charge in [0.1, 0.15) is 0 Å². The van der Waals surface area contributed by atoms with E-state index in [1.165, 1.54) is 5.06 Å². The standard InChI is InChI=1S/C16H16N2O2/c1-18(2)20-16(19)15-14(9-6-12-17-15)11-10-13-7-4-3-5-8-13/h3-12H,1-2H3. The Kier molecular flexibility index (Phi) is 4.63. The minimum Gasteiger partial charge on any atom is -0.363 e. The van der Waals surface area contributed by atoms with Gasteiger partial charge in [-0.2, -0.15) is 0 Å². The molecule has 0 bridgehead atoms. The summed E-state index contributed by atoms with van der Waals surface area (Å²) in [5.41, 5.74) is 2.08. The number of pyridine rings is 1. The van der Waals surface area contributed by atoms with Gasteiger partial charge in [-0.05, 0) is 11.6 Å². The third-order valence-corrected chi connectivity index (χ3v) is 2.55. The van der Waals surface area contributed by atoms with Gasteiger partial charge < -0.3 is 4.84 Å². The minimum absolute atomic E-state index is 0.299. The first-order valence-electron chi connectivity index (χ1n) is 6.24. The Hall–Kier alpha value is -2.46.